The number of hydrogen-bond acceptors (Lipinski definition) is 3. The lowest BCUT2D eigenvalue weighted by Gasteiger charge is -1.94. The van der Waals surface area contributed by atoms with Crippen LogP contribution in [0, 0.1) is 0 Å². The van der Waals surface area contributed by atoms with Crippen LogP contribution in [0.25, 0.3) is 6.08 Å². The summed E-state index contributed by atoms with van der Waals surface area (Å²) in [7, 11) is 0. The number of carbonyl (C=O) groups is 1. The van der Waals surface area contributed by atoms with Crippen LogP contribution in [0.3, 0.4) is 0 Å². The fourth-order valence-corrected chi connectivity index (χ4v) is 0.766. The van der Waals surface area contributed by atoms with Crippen LogP contribution in [0.2, 0.25) is 0 Å². The number of hydrogen-bond donors (Lipinski definition) is 2. The van der Waals surface area contributed by atoms with Crippen LogP contribution in [-0.2, 0) is 4.79 Å². The van der Waals surface area contributed by atoms with Gasteiger partial charge < -0.3 is 15.3 Å². The Kier molecular flexibility index (Phi) is 2.66. The van der Waals surface area contributed by atoms with Crippen molar-refractivity contribution in [1.82, 2.24) is 0 Å². The van der Waals surface area contributed by atoms with Crippen LogP contribution >= 0.6 is 0 Å². The first-order valence-electron chi connectivity index (χ1n) is 3.40. The summed E-state index contributed by atoms with van der Waals surface area (Å²) >= 11 is 0. The minimum Gasteiger partial charge on any atom is -0.478 e. The third kappa shape index (κ3) is 1.96. The summed E-state index contributed by atoms with van der Waals surface area (Å²) in [5, 5.41) is 8.59. The summed E-state index contributed by atoms with van der Waals surface area (Å²) in [6.45, 7) is 0.0144. The van der Waals surface area contributed by atoms with Gasteiger partial charge in [-0.2, -0.15) is 0 Å². The highest BCUT2D eigenvalue weighted by Crippen LogP contribution is 2.06. The molecule has 0 aliphatic rings. The molecule has 0 saturated carbocycles. The van der Waals surface area contributed by atoms with Crippen molar-refractivity contribution in [3.8, 4) is 0 Å². The van der Waals surface area contributed by atoms with Crippen LogP contribution in [0.4, 0.5) is 0 Å². The molecule has 64 valence electrons. The van der Waals surface area contributed by atoms with E-state index in [2.05, 4.69) is 0 Å². The van der Waals surface area contributed by atoms with Crippen LogP contribution in [-0.4, -0.2) is 17.6 Å². The van der Waals surface area contributed by atoms with E-state index in [1.165, 1.54) is 18.6 Å². The maximum atomic E-state index is 10.5. The van der Waals surface area contributed by atoms with Gasteiger partial charge in [0.05, 0.1) is 18.1 Å². The second-order valence-corrected chi connectivity index (χ2v) is 2.24. The van der Waals surface area contributed by atoms with E-state index in [-0.39, 0.29) is 12.1 Å². The molecule has 1 heterocycles. The first-order valence-corrected chi connectivity index (χ1v) is 3.40. The summed E-state index contributed by atoms with van der Waals surface area (Å²) in [5.41, 5.74) is 6.08. The van der Waals surface area contributed by atoms with Crippen molar-refractivity contribution in [1.29, 1.82) is 0 Å². The van der Waals surface area contributed by atoms with Gasteiger partial charge in [0.1, 0.15) is 0 Å². The number of carboxylic acids is 1. The number of nitrogens with two attached hydrogens (primary N) is 1. The van der Waals surface area contributed by atoms with Gasteiger partial charge in [0.25, 0.3) is 0 Å². The zero-order valence-corrected chi connectivity index (χ0v) is 6.36. The van der Waals surface area contributed by atoms with Gasteiger partial charge in [-0.1, -0.05) is 0 Å². The molecule has 0 radical (unpaired) electrons. The van der Waals surface area contributed by atoms with Gasteiger partial charge in [0.15, 0.2) is 0 Å². The Labute approximate surface area is 69.3 Å². The van der Waals surface area contributed by atoms with E-state index in [0.717, 1.165) is 0 Å². The van der Waals surface area contributed by atoms with Gasteiger partial charge >= 0.3 is 5.97 Å². The lowest BCUT2D eigenvalue weighted by molar-refractivity contribution is -0.132. The average Bonchev–Trinajstić information content (AvgIpc) is 2.51. The lowest BCUT2D eigenvalue weighted by atomic mass is 10.2. The summed E-state index contributed by atoms with van der Waals surface area (Å²) in [6.07, 6.45) is 4.41. The summed E-state index contributed by atoms with van der Waals surface area (Å²) < 4.78 is 4.76. The first-order chi connectivity index (χ1) is 5.74. The molecule has 0 amide bonds. The summed E-state index contributed by atoms with van der Waals surface area (Å²) in [4.78, 5) is 10.5. The first kappa shape index (κ1) is 8.55. The van der Waals surface area contributed by atoms with E-state index in [1.54, 1.807) is 6.07 Å². The van der Waals surface area contributed by atoms with Crippen molar-refractivity contribution >= 4 is 12.0 Å². The maximum Gasteiger partial charge on any atom is 0.332 e. The molecule has 1 aromatic heterocycles. The number of carboxylic acid groups (broad SMARTS) is 1. The van der Waals surface area contributed by atoms with Gasteiger partial charge in [-0.25, -0.2) is 4.79 Å². The Morgan fingerprint density at radius 2 is 2.50 bits per heavy atom. The molecule has 0 spiro atoms. The SMILES string of the molecule is NC/C(=C\c1ccoc1)C(=O)O. The molecule has 1 aromatic rings. The molecule has 4 nitrogen and oxygen atoms in total. The Bertz CT molecular complexity index is 287. The topological polar surface area (TPSA) is 76.5 Å². The minimum atomic E-state index is -1.00. The molecule has 0 atom stereocenters. The number of furan rings is 1. The average molecular weight is 167 g/mol. The lowest BCUT2D eigenvalue weighted by Crippen LogP contribution is -2.11. The third-order valence-corrected chi connectivity index (χ3v) is 1.38. The monoisotopic (exact) mass is 167 g/mol. The third-order valence-electron chi connectivity index (χ3n) is 1.38. The van der Waals surface area contributed by atoms with Crippen LogP contribution in [0.15, 0.2) is 28.6 Å². The molecule has 4 heteroatoms. The molecule has 0 aromatic carbocycles. The van der Waals surface area contributed by atoms with Crippen molar-refractivity contribution in [3.05, 3.63) is 29.7 Å². The van der Waals surface area contributed by atoms with Crippen molar-refractivity contribution in [3.63, 3.8) is 0 Å². The molecule has 1 rings (SSSR count). The Morgan fingerprint density at radius 3 is 2.92 bits per heavy atom. The smallest absolute Gasteiger partial charge is 0.332 e. The standard InChI is InChI=1S/C8H9NO3/c9-4-7(8(10)11)3-6-1-2-12-5-6/h1-3,5H,4,9H2,(H,10,11)/b7-3+. The van der Waals surface area contributed by atoms with Gasteiger partial charge in [0.2, 0.25) is 0 Å². The fourth-order valence-electron chi connectivity index (χ4n) is 0.766. The van der Waals surface area contributed by atoms with E-state index < -0.39 is 5.97 Å². The quantitative estimate of drug-likeness (QED) is 0.650. The van der Waals surface area contributed by atoms with Crippen LogP contribution < -0.4 is 5.73 Å². The molecule has 12 heavy (non-hydrogen) atoms. The molecular formula is C8H9NO3. The largest absolute Gasteiger partial charge is 0.478 e. The van der Waals surface area contributed by atoms with Crippen molar-refractivity contribution in [2.45, 2.75) is 0 Å². The fraction of sp³-hybridized carbons (Fsp3) is 0.125. The van der Waals surface area contributed by atoms with Crippen molar-refractivity contribution in [2.75, 3.05) is 6.54 Å². The van der Waals surface area contributed by atoms with Gasteiger partial charge in [-0.15, -0.1) is 0 Å². The van der Waals surface area contributed by atoms with Crippen molar-refractivity contribution in [2.24, 2.45) is 5.73 Å². The van der Waals surface area contributed by atoms with E-state index in [1.807, 2.05) is 0 Å². The van der Waals surface area contributed by atoms with Gasteiger partial charge in [-0.05, 0) is 12.1 Å². The molecule has 0 bridgehead atoms. The maximum absolute atomic E-state index is 10.5. The normalized spacial score (nSPS) is 11.6. The zero-order valence-electron chi connectivity index (χ0n) is 6.36. The molecule has 3 N–H and O–H groups in total. The minimum absolute atomic E-state index is 0.0144. The van der Waals surface area contributed by atoms with Crippen LogP contribution in [0.5, 0.6) is 0 Å². The van der Waals surface area contributed by atoms with Crippen LogP contribution in [0.1, 0.15) is 5.56 Å². The predicted octanol–water partition coefficient (Wildman–Crippen LogP) is 0.706. The van der Waals surface area contributed by atoms with E-state index >= 15 is 0 Å². The highest BCUT2D eigenvalue weighted by molar-refractivity contribution is 5.92. The van der Waals surface area contributed by atoms with E-state index in [9.17, 15) is 4.79 Å². The summed E-state index contributed by atoms with van der Waals surface area (Å²) in [5.74, 6) is -1.00. The Balaban J connectivity index is 2.85. The highest BCUT2D eigenvalue weighted by Gasteiger charge is 2.04. The predicted molar refractivity (Wildman–Crippen MR) is 43.4 cm³/mol. The summed E-state index contributed by atoms with van der Waals surface area (Å²) in [6, 6.07) is 1.67. The molecular weight excluding hydrogens is 158 g/mol. The Morgan fingerprint density at radius 1 is 1.75 bits per heavy atom. The van der Waals surface area contributed by atoms with E-state index in [4.69, 9.17) is 15.3 Å². The second-order valence-electron chi connectivity index (χ2n) is 2.24. The highest BCUT2D eigenvalue weighted by atomic mass is 16.4. The van der Waals surface area contributed by atoms with E-state index in [0.29, 0.717) is 5.56 Å². The molecule has 0 aliphatic heterocycles. The Hall–Kier alpha value is -1.55. The molecule has 0 aliphatic carbocycles. The molecule has 0 saturated heterocycles. The molecule has 0 fully saturated rings. The number of rotatable bonds is 3. The molecule has 0 unspecified atom stereocenters. The van der Waals surface area contributed by atoms with Gasteiger partial charge in [-0.3, -0.25) is 0 Å². The second kappa shape index (κ2) is 3.73. The zero-order chi connectivity index (χ0) is 8.97. The number of aliphatic carboxylic acids is 1. The van der Waals surface area contributed by atoms with Gasteiger partial charge in [0, 0.05) is 12.1 Å². The van der Waals surface area contributed by atoms with Crippen molar-refractivity contribution < 1.29 is 14.3 Å².